The molecule has 0 aliphatic rings. The summed E-state index contributed by atoms with van der Waals surface area (Å²) in [6.45, 7) is 0. The van der Waals surface area contributed by atoms with Crippen LogP contribution >= 0.6 is 0 Å². The molecule has 0 bridgehead atoms. The van der Waals surface area contributed by atoms with Crippen molar-refractivity contribution in [1.29, 1.82) is 0 Å². The Kier molecular flexibility index (Phi) is 4.78. The monoisotopic (exact) mass is 331 g/mol. The van der Waals surface area contributed by atoms with Gasteiger partial charge in [0.2, 0.25) is 5.75 Å². The Labute approximate surface area is 136 Å². The number of phenols is 1. The molecule has 8 nitrogen and oxygen atoms in total. The minimum Gasteiger partial charge on any atom is -0.500 e. The van der Waals surface area contributed by atoms with E-state index < -0.39 is 28.1 Å². The number of benzene rings is 2. The summed E-state index contributed by atoms with van der Waals surface area (Å²) in [5, 5.41) is 29.8. The molecule has 0 heterocycles. The van der Waals surface area contributed by atoms with Crippen LogP contribution in [0.3, 0.4) is 0 Å². The fourth-order valence-electron chi connectivity index (χ4n) is 2.21. The predicted octanol–water partition coefficient (Wildman–Crippen LogP) is 2.43. The van der Waals surface area contributed by atoms with Crippen molar-refractivity contribution in [3.05, 3.63) is 63.2 Å². The lowest BCUT2D eigenvalue weighted by Crippen LogP contribution is -2.09. The largest absolute Gasteiger partial charge is 0.500 e. The first kappa shape index (κ1) is 16.9. The van der Waals surface area contributed by atoms with Gasteiger partial charge < -0.3 is 14.9 Å². The van der Waals surface area contributed by atoms with Gasteiger partial charge in [-0.1, -0.05) is 18.2 Å². The number of nitro groups is 1. The maximum Gasteiger partial charge on any atom is 0.335 e. The van der Waals surface area contributed by atoms with Crippen LogP contribution in [0, 0.1) is 10.1 Å². The number of hydrogen-bond donors (Lipinski definition) is 2. The van der Waals surface area contributed by atoms with E-state index in [-0.39, 0.29) is 28.9 Å². The van der Waals surface area contributed by atoms with Crippen LogP contribution in [0.2, 0.25) is 0 Å². The van der Waals surface area contributed by atoms with Gasteiger partial charge in [0, 0.05) is 18.1 Å². The fourth-order valence-corrected chi connectivity index (χ4v) is 2.21. The van der Waals surface area contributed by atoms with Crippen molar-refractivity contribution in [2.45, 2.75) is 6.42 Å². The maximum absolute atomic E-state index is 12.4. The zero-order chi connectivity index (χ0) is 17.9. The highest BCUT2D eigenvalue weighted by molar-refractivity contribution is 6.00. The van der Waals surface area contributed by atoms with Crippen LogP contribution in [0.4, 0.5) is 5.69 Å². The molecule has 2 aromatic rings. The van der Waals surface area contributed by atoms with E-state index in [4.69, 9.17) is 9.84 Å². The number of nitro benzene ring substituents is 1. The van der Waals surface area contributed by atoms with E-state index in [9.17, 15) is 24.8 Å². The minimum absolute atomic E-state index is 0.0221. The number of rotatable bonds is 6. The first-order chi connectivity index (χ1) is 11.3. The van der Waals surface area contributed by atoms with Crippen LogP contribution in [0.5, 0.6) is 11.5 Å². The molecule has 0 amide bonds. The lowest BCUT2D eigenvalue weighted by Gasteiger charge is -2.08. The summed E-state index contributed by atoms with van der Waals surface area (Å²) in [5.74, 6) is -2.60. The third-order valence-electron chi connectivity index (χ3n) is 3.39. The topological polar surface area (TPSA) is 127 Å². The molecule has 0 spiro atoms. The number of Topliss-reactive ketones (excluding diaryl/α,β-unsaturated/α-hetero) is 1. The van der Waals surface area contributed by atoms with Crippen LogP contribution < -0.4 is 4.74 Å². The number of ether oxygens (including phenoxy) is 1. The summed E-state index contributed by atoms with van der Waals surface area (Å²) in [7, 11) is 1.20. The van der Waals surface area contributed by atoms with E-state index in [1.807, 2.05) is 0 Å². The highest BCUT2D eigenvalue weighted by Gasteiger charge is 2.23. The summed E-state index contributed by atoms with van der Waals surface area (Å²) in [6, 6.07) is 8.09. The molecule has 24 heavy (non-hydrogen) atoms. The molecule has 8 heteroatoms. The van der Waals surface area contributed by atoms with Gasteiger partial charge in [-0.25, -0.2) is 4.79 Å². The Hall–Kier alpha value is -3.42. The predicted molar refractivity (Wildman–Crippen MR) is 82.7 cm³/mol. The number of phenolic OH excluding ortho intramolecular Hbond substituents is 1. The molecule has 0 saturated heterocycles. The van der Waals surface area contributed by atoms with Gasteiger partial charge in [0.15, 0.2) is 11.5 Å². The molecule has 2 N–H and O–H groups in total. The second-order valence-corrected chi connectivity index (χ2v) is 4.87. The minimum atomic E-state index is -1.17. The molecule has 0 aliphatic heterocycles. The zero-order valence-electron chi connectivity index (χ0n) is 12.6. The fraction of sp³-hybridized carbons (Fsp3) is 0.125. The number of hydrogen-bond acceptors (Lipinski definition) is 6. The van der Waals surface area contributed by atoms with Crippen LogP contribution in [0.15, 0.2) is 36.4 Å². The average molecular weight is 331 g/mol. The molecule has 0 aliphatic carbocycles. The van der Waals surface area contributed by atoms with E-state index in [1.165, 1.54) is 31.4 Å². The Morgan fingerprint density at radius 3 is 2.50 bits per heavy atom. The van der Waals surface area contributed by atoms with E-state index >= 15 is 0 Å². The van der Waals surface area contributed by atoms with Gasteiger partial charge in [-0.3, -0.25) is 14.9 Å². The summed E-state index contributed by atoms with van der Waals surface area (Å²) >= 11 is 0. The van der Waals surface area contributed by atoms with Gasteiger partial charge in [-0.2, -0.15) is 0 Å². The van der Waals surface area contributed by atoms with Gasteiger partial charge in [-0.15, -0.1) is 0 Å². The number of carboxylic acid groups (broad SMARTS) is 1. The number of ketones is 1. The Bertz CT molecular complexity index is 829. The number of methoxy groups -OCH3 is 1. The third kappa shape index (κ3) is 3.32. The standard InChI is InChI=1S/C16H13NO7/c1-24-14-8-10(6-12(15(14)19)17(22)23)13(18)7-9-4-2-3-5-11(9)16(20)21/h2-6,8,19H,7H2,1H3,(H,20,21). The van der Waals surface area contributed by atoms with E-state index in [0.717, 1.165) is 6.07 Å². The van der Waals surface area contributed by atoms with Gasteiger partial charge in [0.25, 0.3) is 0 Å². The van der Waals surface area contributed by atoms with Crippen LogP contribution in [-0.2, 0) is 6.42 Å². The number of aromatic carboxylic acids is 1. The lowest BCUT2D eigenvalue weighted by molar-refractivity contribution is -0.386. The lowest BCUT2D eigenvalue weighted by atomic mass is 9.98. The molecule has 124 valence electrons. The van der Waals surface area contributed by atoms with E-state index in [0.29, 0.717) is 0 Å². The molecule has 0 fully saturated rings. The molecule has 0 radical (unpaired) electrons. The normalized spacial score (nSPS) is 10.2. The van der Waals surface area contributed by atoms with Crippen molar-refractivity contribution in [2.75, 3.05) is 7.11 Å². The summed E-state index contributed by atoms with van der Waals surface area (Å²) < 4.78 is 4.84. The number of aromatic hydroxyl groups is 1. The summed E-state index contributed by atoms with van der Waals surface area (Å²) in [5.41, 5.74) is -0.462. The quantitative estimate of drug-likeness (QED) is 0.472. The van der Waals surface area contributed by atoms with Crippen molar-refractivity contribution < 1.29 is 29.5 Å². The first-order valence-corrected chi connectivity index (χ1v) is 6.75. The van der Waals surface area contributed by atoms with Crippen molar-refractivity contribution in [3.63, 3.8) is 0 Å². The average Bonchev–Trinajstić information content (AvgIpc) is 2.54. The molecule has 2 rings (SSSR count). The first-order valence-electron chi connectivity index (χ1n) is 6.75. The maximum atomic E-state index is 12.4. The Morgan fingerprint density at radius 2 is 1.92 bits per heavy atom. The van der Waals surface area contributed by atoms with Gasteiger partial charge in [0.1, 0.15) is 0 Å². The van der Waals surface area contributed by atoms with Gasteiger partial charge in [-0.05, 0) is 17.7 Å². The Morgan fingerprint density at radius 1 is 1.25 bits per heavy atom. The molecular formula is C16H13NO7. The highest BCUT2D eigenvalue weighted by atomic mass is 16.6. The summed E-state index contributed by atoms with van der Waals surface area (Å²) in [4.78, 5) is 33.7. The Balaban J connectivity index is 2.42. The number of carbonyl (C=O) groups is 2. The van der Waals surface area contributed by atoms with E-state index in [2.05, 4.69) is 0 Å². The van der Waals surface area contributed by atoms with Crippen LogP contribution in [-0.4, -0.2) is 34.0 Å². The number of carboxylic acids is 1. The van der Waals surface area contributed by atoms with Crippen molar-refractivity contribution in [3.8, 4) is 11.5 Å². The number of carbonyl (C=O) groups excluding carboxylic acids is 1. The molecule has 2 aromatic carbocycles. The highest BCUT2D eigenvalue weighted by Crippen LogP contribution is 2.37. The van der Waals surface area contributed by atoms with Gasteiger partial charge >= 0.3 is 11.7 Å². The number of nitrogens with zero attached hydrogens (tertiary/aromatic N) is 1. The second kappa shape index (κ2) is 6.78. The van der Waals surface area contributed by atoms with Crippen molar-refractivity contribution >= 4 is 17.4 Å². The van der Waals surface area contributed by atoms with Crippen molar-refractivity contribution in [2.24, 2.45) is 0 Å². The molecular weight excluding hydrogens is 318 g/mol. The van der Waals surface area contributed by atoms with Crippen molar-refractivity contribution in [1.82, 2.24) is 0 Å². The smallest absolute Gasteiger partial charge is 0.335 e. The third-order valence-corrected chi connectivity index (χ3v) is 3.39. The SMILES string of the molecule is COc1cc(C(=O)Cc2ccccc2C(=O)O)cc([N+](=O)[O-])c1O. The zero-order valence-corrected chi connectivity index (χ0v) is 12.6. The molecule has 0 aromatic heterocycles. The molecule has 0 atom stereocenters. The van der Waals surface area contributed by atoms with Gasteiger partial charge in [0.05, 0.1) is 17.6 Å². The second-order valence-electron chi connectivity index (χ2n) is 4.87. The van der Waals surface area contributed by atoms with Crippen LogP contribution in [0.1, 0.15) is 26.3 Å². The molecule has 0 saturated carbocycles. The van der Waals surface area contributed by atoms with Crippen LogP contribution in [0.25, 0.3) is 0 Å². The van der Waals surface area contributed by atoms with E-state index in [1.54, 1.807) is 6.07 Å². The molecule has 0 unspecified atom stereocenters. The summed E-state index contributed by atoms with van der Waals surface area (Å²) in [6.07, 6.45) is -0.256.